The van der Waals surface area contributed by atoms with Gasteiger partial charge in [-0.2, -0.15) is 0 Å². The number of anilines is 1. The highest BCUT2D eigenvalue weighted by Crippen LogP contribution is 2.28. The largest absolute Gasteiger partial charge is 0.490 e. The molecule has 0 bridgehead atoms. The van der Waals surface area contributed by atoms with E-state index < -0.39 is 5.97 Å². The van der Waals surface area contributed by atoms with Crippen LogP contribution in [0.5, 0.6) is 11.5 Å². The van der Waals surface area contributed by atoms with Crippen LogP contribution in [-0.4, -0.2) is 31.7 Å². The Morgan fingerprint density at radius 2 is 1.53 bits per heavy atom. The molecule has 0 aliphatic heterocycles. The van der Waals surface area contributed by atoms with Crippen molar-refractivity contribution in [1.82, 2.24) is 0 Å². The number of nitrogens with one attached hydrogen (secondary N) is 1. The molecule has 0 aliphatic carbocycles. The van der Waals surface area contributed by atoms with Crippen molar-refractivity contribution in [2.45, 2.75) is 46.5 Å². The number of unbranched alkanes of at least 4 members (excludes halogenated alkanes) is 1. The van der Waals surface area contributed by atoms with Crippen LogP contribution in [0.1, 0.15) is 44.7 Å². The highest BCUT2D eigenvalue weighted by molar-refractivity contribution is 5.92. The topological polar surface area (TPSA) is 73.9 Å². The summed E-state index contributed by atoms with van der Waals surface area (Å²) in [7, 11) is 0. The highest BCUT2D eigenvalue weighted by Gasteiger charge is 2.12. The molecule has 6 heteroatoms. The van der Waals surface area contributed by atoms with E-state index in [1.165, 1.54) is 5.56 Å². The lowest BCUT2D eigenvalue weighted by atomic mass is 10.1. The molecule has 0 fully saturated rings. The van der Waals surface area contributed by atoms with E-state index in [-0.39, 0.29) is 18.9 Å². The zero-order chi connectivity index (χ0) is 21.8. The van der Waals surface area contributed by atoms with Crippen molar-refractivity contribution in [2.75, 3.05) is 25.1 Å². The Kier molecular flexibility index (Phi) is 9.71. The maximum Gasteiger partial charge on any atom is 0.310 e. The second-order valence-corrected chi connectivity index (χ2v) is 6.83. The Morgan fingerprint density at radius 3 is 2.20 bits per heavy atom. The van der Waals surface area contributed by atoms with E-state index in [0.29, 0.717) is 30.4 Å². The van der Waals surface area contributed by atoms with Crippen molar-refractivity contribution in [3.05, 3.63) is 53.6 Å². The number of hydrogen-bond acceptors (Lipinski definition) is 5. The van der Waals surface area contributed by atoms with E-state index in [4.69, 9.17) is 14.2 Å². The van der Waals surface area contributed by atoms with Crippen LogP contribution in [0.15, 0.2) is 42.5 Å². The van der Waals surface area contributed by atoms with E-state index in [1.54, 1.807) is 18.2 Å². The Morgan fingerprint density at radius 1 is 0.867 bits per heavy atom. The second kappa shape index (κ2) is 12.5. The van der Waals surface area contributed by atoms with E-state index in [2.05, 4.69) is 12.2 Å². The van der Waals surface area contributed by atoms with Gasteiger partial charge in [0.05, 0.1) is 19.6 Å². The van der Waals surface area contributed by atoms with Gasteiger partial charge in [-0.1, -0.05) is 31.5 Å². The zero-order valence-electron chi connectivity index (χ0n) is 18.0. The Bertz CT molecular complexity index is 817. The standard InChI is InChI=1S/C24H31NO5/c1-4-7-8-18-9-12-20(13-10-18)25-23(26)17-30-24(27)16-19-11-14-21(28-5-2)22(15-19)29-6-3/h9-15H,4-8,16-17H2,1-3H3,(H,25,26). The first-order chi connectivity index (χ1) is 14.5. The monoisotopic (exact) mass is 413 g/mol. The molecule has 1 amide bonds. The number of hydrogen-bond donors (Lipinski definition) is 1. The van der Waals surface area contributed by atoms with Gasteiger partial charge in [0.25, 0.3) is 5.91 Å². The minimum atomic E-state index is -0.480. The van der Waals surface area contributed by atoms with Gasteiger partial charge in [-0.3, -0.25) is 9.59 Å². The van der Waals surface area contributed by atoms with Crippen molar-refractivity contribution >= 4 is 17.6 Å². The summed E-state index contributed by atoms with van der Waals surface area (Å²) in [6, 6.07) is 13.0. The lowest BCUT2D eigenvalue weighted by molar-refractivity contribution is -0.146. The van der Waals surface area contributed by atoms with Crippen LogP contribution in [0, 0.1) is 0 Å². The zero-order valence-corrected chi connectivity index (χ0v) is 18.0. The fraction of sp³-hybridized carbons (Fsp3) is 0.417. The molecule has 2 rings (SSSR count). The van der Waals surface area contributed by atoms with Crippen LogP contribution in [0.2, 0.25) is 0 Å². The first-order valence-electron chi connectivity index (χ1n) is 10.5. The summed E-state index contributed by atoms with van der Waals surface area (Å²) < 4.78 is 16.2. The fourth-order valence-electron chi connectivity index (χ4n) is 2.90. The van der Waals surface area contributed by atoms with Crippen molar-refractivity contribution in [3.8, 4) is 11.5 Å². The number of aryl methyl sites for hydroxylation is 1. The minimum Gasteiger partial charge on any atom is -0.490 e. The highest BCUT2D eigenvalue weighted by atomic mass is 16.5. The van der Waals surface area contributed by atoms with Gasteiger partial charge in [0.1, 0.15) is 0 Å². The summed E-state index contributed by atoms with van der Waals surface area (Å²) in [5.74, 6) is 0.374. The smallest absolute Gasteiger partial charge is 0.310 e. The molecule has 6 nitrogen and oxygen atoms in total. The molecular formula is C24H31NO5. The molecule has 0 unspecified atom stereocenters. The molecule has 0 atom stereocenters. The van der Waals surface area contributed by atoms with Crippen molar-refractivity contribution in [1.29, 1.82) is 0 Å². The fourth-order valence-corrected chi connectivity index (χ4v) is 2.90. The van der Waals surface area contributed by atoms with Crippen LogP contribution < -0.4 is 14.8 Å². The van der Waals surface area contributed by atoms with Crippen LogP contribution >= 0.6 is 0 Å². The molecule has 0 saturated heterocycles. The maximum atomic E-state index is 12.1. The van der Waals surface area contributed by atoms with Crippen molar-refractivity contribution in [2.24, 2.45) is 0 Å². The predicted molar refractivity (Wildman–Crippen MR) is 117 cm³/mol. The van der Waals surface area contributed by atoms with Gasteiger partial charge in [-0.25, -0.2) is 0 Å². The first kappa shape index (κ1) is 23.3. The van der Waals surface area contributed by atoms with Crippen LogP contribution in [-0.2, 0) is 27.2 Å². The number of benzene rings is 2. The number of amides is 1. The first-order valence-corrected chi connectivity index (χ1v) is 10.5. The van der Waals surface area contributed by atoms with E-state index >= 15 is 0 Å². The van der Waals surface area contributed by atoms with Crippen LogP contribution in [0.4, 0.5) is 5.69 Å². The van der Waals surface area contributed by atoms with Gasteiger partial charge >= 0.3 is 5.97 Å². The van der Waals surface area contributed by atoms with E-state index in [0.717, 1.165) is 24.8 Å². The molecule has 30 heavy (non-hydrogen) atoms. The molecule has 0 aliphatic rings. The number of rotatable bonds is 12. The molecular weight excluding hydrogens is 382 g/mol. The SMILES string of the molecule is CCCCc1ccc(NC(=O)COC(=O)Cc2ccc(OCC)c(OCC)c2)cc1. The van der Waals surface area contributed by atoms with Gasteiger partial charge < -0.3 is 19.5 Å². The van der Waals surface area contributed by atoms with Crippen molar-refractivity contribution in [3.63, 3.8) is 0 Å². The summed E-state index contributed by atoms with van der Waals surface area (Å²) in [4.78, 5) is 24.2. The van der Waals surface area contributed by atoms with Gasteiger partial charge in [0.2, 0.25) is 0 Å². The lowest BCUT2D eigenvalue weighted by Gasteiger charge is -2.12. The maximum absolute atomic E-state index is 12.1. The Labute approximate surface area is 178 Å². The minimum absolute atomic E-state index is 0.0475. The number of carbonyl (C=O) groups is 2. The lowest BCUT2D eigenvalue weighted by Crippen LogP contribution is -2.21. The van der Waals surface area contributed by atoms with E-state index in [9.17, 15) is 9.59 Å². The van der Waals surface area contributed by atoms with Gasteiger partial charge in [-0.15, -0.1) is 0 Å². The molecule has 0 heterocycles. The molecule has 2 aromatic carbocycles. The number of esters is 1. The number of carbonyl (C=O) groups excluding carboxylic acids is 2. The third-order valence-electron chi connectivity index (χ3n) is 4.38. The van der Waals surface area contributed by atoms with Crippen molar-refractivity contribution < 1.29 is 23.8 Å². The van der Waals surface area contributed by atoms with Gasteiger partial charge in [-0.05, 0) is 62.1 Å². The Hall–Kier alpha value is -3.02. The summed E-state index contributed by atoms with van der Waals surface area (Å²) in [6.45, 7) is 6.63. The summed E-state index contributed by atoms with van der Waals surface area (Å²) in [5, 5.41) is 2.74. The third-order valence-corrected chi connectivity index (χ3v) is 4.38. The summed E-state index contributed by atoms with van der Waals surface area (Å²) in [5.41, 5.74) is 2.65. The summed E-state index contributed by atoms with van der Waals surface area (Å²) >= 11 is 0. The third kappa shape index (κ3) is 7.78. The summed E-state index contributed by atoms with van der Waals surface area (Å²) in [6.07, 6.45) is 3.36. The molecule has 1 N–H and O–H groups in total. The second-order valence-electron chi connectivity index (χ2n) is 6.83. The quantitative estimate of drug-likeness (QED) is 0.517. The van der Waals surface area contributed by atoms with Gasteiger partial charge in [0, 0.05) is 5.69 Å². The molecule has 0 saturated carbocycles. The average molecular weight is 414 g/mol. The van der Waals surface area contributed by atoms with E-state index in [1.807, 2.05) is 38.1 Å². The Balaban J connectivity index is 1.82. The molecule has 0 spiro atoms. The normalized spacial score (nSPS) is 10.4. The number of ether oxygens (including phenoxy) is 3. The molecule has 2 aromatic rings. The molecule has 0 aromatic heterocycles. The average Bonchev–Trinajstić information content (AvgIpc) is 2.74. The molecule has 0 radical (unpaired) electrons. The molecule has 162 valence electrons. The predicted octanol–water partition coefficient (Wildman–Crippen LogP) is 4.55. The van der Waals surface area contributed by atoms with Crippen LogP contribution in [0.25, 0.3) is 0 Å². The van der Waals surface area contributed by atoms with Crippen LogP contribution in [0.3, 0.4) is 0 Å². The van der Waals surface area contributed by atoms with Gasteiger partial charge in [0.15, 0.2) is 18.1 Å².